The standard InChI is InChI=1S/C14H10F2O2/c15-10-6-5-9(7-14(17)18)12(8-10)11-3-1-2-4-13(11)16/h1-6,8H,7H2,(H,17,18). The summed E-state index contributed by atoms with van der Waals surface area (Å²) < 4.78 is 26.9. The predicted octanol–water partition coefficient (Wildman–Crippen LogP) is 3.26. The zero-order chi connectivity index (χ0) is 13.1. The molecule has 4 heteroatoms. The van der Waals surface area contributed by atoms with Crippen LogP contribution >= 0.6 is 0 Å². The minimum Gasteiger partial charge on any atom is -0.481 e. The van der Waals surface area contributed by atoms with Gasteiger partial charge in [-0.25, -0.2) is 8.78 Å². The first-order chi connectivity index (χ1) is 8.58. The van der Waals surface area contributed by atoms with E-state index in [2.05, 4.69) is 0 Å². The van der Waals surface area contributed by atoms with Gasteiger partial charge < -0.3 is 5.11 Å². The van der Waals surface area contributed by atoms with Crippen LogP contribution in [0.15, 0.2) is 42.5 Å². The Hall–Kier alpha value is -2.23. The van der Waals surface area contributed by atoms with E-state index < -0.39 is 17.6 Å². The summed E-state index contributed by atoms with van der Waals surface area (Å²) in [5.74, 6) is -2.07. The highest BCUT2D eigenvalue weighted by Crippen LogP contribution is 2.27. The summed E-state index contributed by atoms with van der Waals surface area (Å²) in [5, 5.41) is 8.79. The molecule has 92 valence electrons. The van der Waals surface area contributed by atoms with Crippen LogP contribution in [0.1, 0.15) is 5.56 Å². The van der Waals surface area contributed by atoms with Crippen LogP contribution in [0.5, 0.6) is 0 Å². The molecule has 0 amide bonds. The van der Waals surface area contributed by atoms with Crippen LogP contribution in [0.2, 0.25) is 0 Å². The molecule has 0 bridgehead atoms. The molecule has 2 aromatic carbocycles. The van der Waals surface area contributed by atoms with E-state index in [4.69, 9.17) is 5.11 Å². The van der Waals surface area contributed by atoms with Gasteiger partial charge in [-0.05, 0) is 29.3 Å². The van der Waals surface area contributed by atoms with E-state index in [1.165, 1.54) is 30.3 Å². The quantitative estimate of drug-likeness (QED) is 0.905. The summed E-state index contributed by atoms with van der Waals surface area (Å²) in [6.45, 7) is 0. The van der Waals surface area contributed by atoms with Gasteiger partial charge in [0, 0.05) is 5.56 Å². The Morgan fingerprint density at radius 2 is 1.78 bits per heavy atom. The average molecular weight is 248 g/mol. The molecule has 0 atom stereocenters. The fourth-order valence-corrected chi connectivity index (χ4v) is 1.80. The largest absolute Gasteiger partial charge is 0.481 e. The topological polar surface area (TPSA) is 37.3 Å². The molecule has 0 aromatic heterocycles. The van der Waals surface area contributed by atoms with Gasteiger partial charge in [-0.1, -0.05) is 24.3 Å². The summed E-state index contributed by atoms with van der Waals surface area (Å²) in [7, 11) is 0. The van der Waals surface area contributed by atoms with Crippen LogP contribution in [0.4, 0.5) is 8.78 Å². The molecule has 2 aromatic rings. The lowest BCUT2D eigenvalue weighted by atomic mass is 9.97. The molecule has 0 unspecified atom stereocenters. The van der Waals surface area contributed by atoms with Crippen LogP contribution in [0, 0.1) is 11.6 Å². The number of carboxylic acid groups (broad SMARTS) is 1. The lowest BCUT2D eigenvalue weighted by Gasteiger charge is -2.09. The predicted molar refractivity (Wildman–Crippen MR) is 63.1 cm³/mol. The van der Waals surface area contributed by atoms with Gasteiger partial charge in [0.15, 0.2) is 0 Å². The minimum atomic E-state index is -1.04. The van der Waals surface area contributed by atoms with Crippen molar-refractivity contribution >= 4 is 5.97 Å². The van der Waals surface area contributed by atoms with Gasteiger partial charge in [0.05, 0.1) is 6.42 Å². The molecule has 0 aliphatic rings. The van der Waals surface area contributed by atoms with Crippen molar-refractivity contribution in [2.75, 3.05) is 0 Å². The van der Waals surface area contributed by atoms with E-state index in [0.717, 1.165) is 6.07 Å². The maximum absolute atomic E-state index is 13.7. The second-order valence-corrected chi connectivity index (χ2v) is 3.85. The molecule has 0 heterocycles. The van der Waals surface area contributed by atoms with Crippen molar-refractivity contribution in [3.8, 4) is 11.1 Å². The summed E-state index contributed by atoms with van der Waals surface area (Å²) in [6.07, 6.45) is -0.274. The van der Waals surface area contributed by atoms with Gasteiger partial charge in [-0.2, -0.15) is 0 Å². The Balaban J connectivity index is 2.58. The number of carbonyl (C=O) groups is 1. The summed E-state index contributed by atoms with van der Waals surface area (Å²) in [6, 6.07) is 9.58. The van der Waals surface area contributed by atoms with Gasteiger partial charge in [0.2, 0.25) is 0 Å². The maximum Gasteiger partial charge on any atom is 0.307 e. The second kappa shape index (κ2) is 4.96. The van der Waals surface area contributed by atoms with E-state index in [-0.39, 0.29) is 17.5 Å². The van der Waals surface area contributed by atoms with Gasteiger partial charge in [0.25, 0.3) is 0 Å². The maximum atomic E-state index is 13.7. The van der Waals surface area contributed by atoms with E-state index in [1.54, 1.807) is 6.07 Å². The van der Waals surface area contributed by atoms with Crippen LogP contribution < -0.4 is 0 Å². The third-order valence-electron chi connectivity index (χ3n) is 2.58. The first-order valence-electron chi connectivity index (χ1n) is 5.33. The summed E-state index contributed by atoms with van der Waals surface area (Å²) >= 11 is 0. The van der Waals surface area contributed by atoms with Gasteiger partial charge in [-0.3, -0.25) is 4.79 Å². The van der Waals surface area contributed by atoms with Crippen molar-refractivity contribution in [2.24, 2.45) is 0 Å². The third-order valence-corrected chi connectivity index (χ3v) is 2.58. The number of aliphatic carboxylic acids is 1. The van der Waals surface area contributed by atoms with Crippen LogP contribution in [0.3, 0.4) is 0 Å². The second-order valence-electron chi connectivity index (χ2n) is 3.85. The Bertz CT molecular complexity index is 594. The van der Waals surface area contributed by atoms with Gasteiger partial charge >= 0.3 is 5.97 Å². The molecule has 0 fully saturated rings. The Labute approximate surface area is 103 Å². The number of hydrogen-bond donors (Lipinski definition) is 1. The molecule has 0 saturated heterocycles. The van der Waals surface area contributed by atoms with Crippen LogP contribution in [0.25, 0.3) is 11.1 Å². The zero-order valence-corrected chi connectivity index (χ0v) is 9.36. The molecule has 2 rings (SSSR count). The first kappa shape index (κ1) is 12.2. The van der Waals surface area contributed by atoms with Crippen LogP contribution in [-0.4, -0.2) is 11.1 Å². The number of rotatable bonds is 3. The molecule has 18 heavy (non-hydrogen) atoms. The van der Waals surface area contributed by atoms with E-state index in [1.807, 2.05) is 0 Å². The lowest BCUT2D eigenvalue weighted by molar-refractivity contribution is -0.136. The highest BCUT2D eigenvalue weighted by molar-refractivity contribution is 5.76. The highest BCUT2D eigenvalue weighted by Gasteiger charge is 2.12. The molecule has 0 saturated carbocycles. The summed E-state index contributed by atoms with van der Waals surface area (Å²) in [4.78, 5) is 10.7. The van der Waals surface area contributed by atoms with Crippen molar-refractivity contribution in [1.29, 1.82) is 0 Å². The molecule has 0 radical (unpaired) electrons. The monoisotopic (exact) mass is 248 g/mol. The number of benzene rings is 2. The first-order valence-corrected chi connectivity index (χ1v) is 5.33. The molecular weight excluding hydrogens is 238 g/mol. The third kappa shape index (κ3) is 2.53. The molecule has 0 aliphatic carbocycles. The Morgan fingerprint density at radius 1 is 1.06 bits per heavy atom. The molecule has 1 N–H and O–H groups in total. The van der Waals surface area contributed by atoms with Crippen molar-refractivity contribution < 1.29 is 18.7 Å². The number of carboxylic acids is 1. The number of hydrogen-bond acceptors (Lipinski definition) is 1. The van der Waals surface area contributed by atoms with Crippen LogP contribution in [-0.2, 0) is 11.2 Å². The SMILES string of the molecule is O=C(O)Cc1ccc(F)cc1-c1ccccc1F. The van der Waals surface area contributed by atoms with Crippen molar-refractivity contribution in [3.05, 3.63) is 59.7 Å². The minimum absolute atomic E-state index is 0.202. The van der Waals surface area contributed by atoms with E-state index >= 15 is 0 Å². The average Bonchev–Trinajstić information content (AvgIpc) is 2.32. The highest BCUT2D eigenvalue weighted by atomic mass is 19.1. The van der Waals surface area contributed by atoms with E-state index in [9.17, 15) is 13.6 Å². The fourth-order valence-electron chi connectivity index (χ4n) is 1.80. The van der Waals surface area contributed by atoms with Gasteiger partial charge in [-0.15, -0.1) is 0 Å². The fraction of sp³-hybridized carbons (Fsp3) is 0.0714. The number of halogens is 2. The Morgan fingerprint density at radius 3 is 2.44 bits per heavy atom. The summed E-state index contributed by atoms with van der Waals surface area (Å²) in [5.41, 5.74) is 0.859. The van der Waals surface area contributed by atoms with Crippen molar-refractivity contribution in [2.45, 2.75) is 6.42 Å². The smallest absolute Gasteiger partial charge is 0.307 e. The molecular formula is C14H10F2O2. The Kier molecular flexibility index (Phi) is 3.37. The van der Waals surface area contributed by atoms with E-state index in [0.29, 0.717) is 5.56 Å². The zero-order valence-electron chi connectivity index (χ0n) is 9.36. The van der Waals surface area contributed by atoms with Crippen molar-refractivity contribution in [3.63, 3.8) is 0 Å². The molecule has 0 spiro atoms. The lowest BCUT2D eigenvalue weighted by Crippen LogP contribution is -2.02. The van der Waals surface area contributed by atoms with Gasteiger partial charge in [0.1, 0.15) is 11.6 Å². The normalized spacial score (nSPS) is 10.3. The molecule has 2 nitrogen and oxygen atoms in total. The van der Waals surface area contributed by atoms with Crippen molar-refractivity contribution in [1.82, 2.24) is 0 Å². The molecule has 0 aliphatic heterocycles.